The van der Waals surface area contributed by atoms with Gasteiger partial charge in [-0.1, -0.05) is 54.6 Å². The molecule has 1 N–H and O–H groups in total. The second-order valence-corrected chi connectivity index (χ2v) is 5.06. The Bertz CT molecular complexity index is 798. The molecular weight excluding hydrogens is 284 g/mol. The van der Waals surface area contributed by atoms with Gasteiger partial charge in [-0.25, -0.2) is 0 Å². The van der Waals surface area contributed by atoms with Gasteiger partial charge in [0.05, 0.1) is 19.0 Å². The van der Waals surface area contributed by atoms with Crippen LogP contribution in [0.2, 0.25) is 0 Å². The Hall–Kier alpha value is -3.07. The number of hydrazone groups is 1. The van der Waals surface area contributed by atoms with E-state index in [2.05, 4.69) is 28.7 Å². The Morgan fingerprint density at radius 2 is 1.65 bits per heavy atom. The third-order valence-corrected chi connectivity index (χ3v) is 3.49. The van der Waals surface area contributed by atoms with Gasteiger partial charge >= 0.3 is 0 Å². The molecule has 0 aliphatic carbocycles. The van der Waals surface area contributed by atoms with E-state index < -0.39 is 0 Å². The maximum absolute atomic E-state index is 5.43. The average Bonchev–Trinajstić information content (AvgIpc) is 2.63. The summed E-state index contributed by atoms with van der Waals surface area (Å²) in [6.45, 7) is 0. The Kier molecular flexibility index (Phi) is 4.69. The van der Waals surface area contributed by atoms with E-state index in [1.165, 1.54) is 0 Å². The lowest BCUT2D eigenvalue weighted by molar-refractivity contribution is 0.416. The van der Waals surface area contributed by atoms with Crippen LogP contribution < -0.4 is 10.2 Å². The highest BCUT2D eigenvalue weighted by Crippen LogP contribution is 2.29. The van der Waals surface area contributed by atoms with Crippen molar-refractivity contribution in [2.75, 3.05) is 12.5 Å². The summed E-state index contributed by atoms with van der Waals surface area (Å²) in [5, 5.41) is 4.28. The van der Waals surface area contributed by atoms with E-state index in [1.54, 1.807) is 7.11 Å². The molecule has 3 nitrogen and oxygen atoms in total. The van der Waals surface area contributed by atoms with Gasteiger partial charge in [0.2, 0.25) is 0 Å². The quantitative estimate of drug-likeness (QED) is 0.542. The molecule has 0 saturated carbocycles. The standard InChI is InChI=1S/C20H18N2O/c1-23-20-13-6-5-12-19(20)17-9-7-8-16(14-17)15-21-22-18-10-3-2-4-11-18/h2-15,22H,1H3. The lowest BCUT2D eigenvalue weighted by Gasteiger charge is -2.08. The van der Waals surface area contributed by atoms with E-state index in [0.29, 0.717) is 0 Å². The average molecular weight is 302 g/mol. The summed E-state index contributed by atoms with van der Waals surface area (Å²) in [6, 6.07) is 26.1. The van der Waals surface area contributed by atoms with Crippen molar-refractivity contribution in [2.24, 2.45) is 5.10 Å². The highest BCUT2D eigenvalue weighted by Gasteiger charge is 2.04. The third kappa shape index (κ3) is 3.77. The van der Waals surface area contributed by atoms with E-state index in [-0.39, 0.29) is 0 Å². The fourth-order valence-electron chi connectivity index (χ4n) is 2.36. The van der Waals surface area contributed by atoms with Crippen molar-refractivity contribution in [3.63, 3.8) is 0 Å². The summed E-state index contributed by atoms with van der Waals surface area (Å²) in [6.07, 6.45) is 1.81. The number of benzene rings is 3. The van der Waals surface area contributed by atoms with Gasteiger partial charge in [-0.2, -0.15) is 5.10 Å². The molecule has 3 aromatic carbocycles. The first-order valence-corrected chi connectivity index (χ1v) is 7.44. The molecule has 114 valence electrons. The molecule has 0 aliphatic heterocycles. The lowest BCUT2D eigenvalue weighted by atomic mass is 10.0. The van der Waals surface area contributed by atoms with Crippen molar-refractivity contribution in [3.05, 3.63) is 84.4 Å². The molecule has 3 aromatic rings. The van der Waals surface area contributed by atoms with Crippen LogP contribution in [0, 0.1) is 0 Å². The number of rotatable bonds is 5. The molecule has 3 heteroatoms. The largest absolute Gasteiger partial charge is 0.496 e. The molecule has 0 aromatic heterocycles. The molecule has 0 bridgehead atoms. The van der Waals surface area contributed by atoms with E-state index in [0.717, 1.165) is 28.1 Å². The molecular formula is C20H18N2O. The van der Waals surface area contributed by atoms with Crippen LogP contribution in [-0.4, -0.2) is 13.3 Å². The topological polar surface area (TPSA) is 33.6 Å². The number of nitrogens with one attached hydrogen (secondary N) is 1. The summed E-state index contributed by atoms with van der Waals surface area (Å²) < 4.78 is 5.43. The van der Waals surface area contributed by atoms with Gasteiger partial charge in [0.15, 0.2) is 0 Å². The first-order valence-electron chi connectivity index (χ1n) is 7.44. The van der Waals surface area contributed by atoms with Crippen LogP contribution >= 0.6 is 0 Å². The smallest absolute Gasteiger partial charge is 0.126 e. The summed E-state index contributed by atoms with van der Waals surface area (Å²) >= 11 is 0. The van der Waals surface area contributed by atoms with Crippen LogP contribution in [0.15, 0.2) is 84.0 Å². The normalized spacial score (nSPS) is 10.7. The second-order valence-electron chi connectivity index (χ2n) is 5.06. The van der Waals surface area contributed by atoms with Crippen LogP contribution in [-0.2, 0) is 0 Å². The van der Waals surface area contributed by atoms with Gasteiger partial charge in [-0.15, -0.1) is 0 Å². The first-order chi connectivity index (χ1) is 11.4. The van der Waals surface area contributed by atoms with Crippen LogP contribution in [0.25, 0.3) is 11.1 Å². The number of para-hydroxylation sites is 2. The molecule has 0 radical (unpaired) electrons. The summed E-state index contributed by atoms with van der Waals surface area (Å²) in [5.74, 6) is 0.865. The number of nitrogens with zero attached hydrogens (tertiary/aromatic N) is 1. The number of anilines is 1. The SMILES string of the molecule is COc1ccccc1-c1cccc(C=NNc2ccccc2)c1. The first kappa shape index (κ1) is 14.9. The van der Waals surface area contributed by atoms with Crippen molar-refractivity contribution < 1.29 is 4.74 Å². The van der Waals surface area contributed by atoms with Gasteiger partial charge in [0.25, 0.3) is 0 Å². The van der Waals surface area contributed by atoms with Crippen molar-refractivity contribution in [1.82, 2.24) is 0 Å². The van der Waals surface area contributed by atoms with E-state index in [4.69, 9.17) is 4.74 Å². The van der Waals surface area contributed by atoms with Crippen molar-refractivity contribution >= 4 is 11.9 Å². The highest BCUT2D eigenvalue weighted by molar-refractivity contribution is 5.84. The summed E-state index contributed by atoms with van der Waals surface area (Å²) in [4.78, 5) is 0. The molecule has 0 spiro atoms. The zero-order valence-electron chi connectivity index (χ0n) is 12.9. The maximum Gasteiger partial charge on any atom is 0.126 e. The fraction of sp³-hybridized carbons (Fsp3) is 0.0500. The van der Waals surface area contributed by atoms with Crippen LogP contribution in [0.3, 0.4) is 0 Å². The molecule has 0 unspecified atom stereocenters. The van der Waals surface area contributed by atoms with Crippen molar-refractivity contribution in [3.8, 4) is 16.9 Å². The van der Waals surface area contributed by atoms with Gasteiger partial charge in [0.1, 0.15) is 5.75 Å². The third-order valence-electron chi connectivity index (χ3n) is 3.49. The predicted octanol–water partition coefficient (Wildman–Crippen LogP) is 4.81. The number of hydrogen-bond acceptors (Lipinski definition) is 3. The molecule has 3 rings (SSSR count). The van der Waals surface area contributed by atoms with E-state index in [1.807, 2.05) is 66.9 Å². The van der Waals surface area contributed by atoms with Gasteiger partial charge < -0.3 is 4.74 Å². The Labute approximate surface area is 136 Å². The van der Waals surface area contributed by atoms with Gasteiger partial charge in [-0.05, 0) is 35.4 Å². The monoisotopic (exact) mass is 302 g/mol. The molecule has 23 heavy (non-hydrogen) atoms. The molecule has 0 heterocycles. The molecule has 0 saturated heterocycles. The maximum atomic E-state index is 5.43. The molecule has 0 fully saturated rings. The molecule has 0 atom stereocenters. The highest BCUT2D eigenvalue weighted by atomic mass is 16.5. The number of ether oxygens (including phenoxy) is 1. The molecule has 0 aliphatic rings. The Morgan fingerprint density at radius 3 is 2.48 bits per heavy atom. The minimum atomic E-state index is 0.865. The minimum absolute atomic E-state index is 0.865. The number of methoxy groups -OCH3 is 1. The predicted molar refractivity (Wildman–Crippen MR) is 96.1 cm³/mol. The zero-order chi connectivity index (χ0) is 15.9. The van der Waals surface area contributed by atoms with Crippen molar-refractivity contribution in [2.45, 2.75) is 0 Å². The van der Waals surface area contributed by atoms with Crippen LogP contribution in [0.5, 0.6) is 5.75 Å². The van der Waals surface area contributed by atoms with Crippen LogP contribution in [0.4, 0.5) is 5.69 Å². The molecule has 0 amide bonds. The van der Waals surface area contributed by atoms with Gasteiger partial charge in [0, 0.05) is 5.56 Å². The van der Waals surface area contributed by atoms with E-state index in [9.17, 15) is 0 Å². The van der Waals surface area contributed by atoms with Crippen LogP contribution in [0.1, 0.15) is 5.56 Å². The lowest BCUT2D eigenvalue weighted by Crippen LogP contribution is -1.91. The fourth-order valence-corrected chi connectivity index (χ4v) is 2.36. The summed E-state index contributed by atoms with van der Waals surface area (Å²) in [5.41, 5.74) is 7.18. The zero-order valence-corrected chi connectivity index (χ0v) is 12.9. The second kappa shape index (κ2) is 7.27. The minimum Gasteiger partial charge on any atom is -0.496 e. The van der Waals surface area contributed by atoms with E-state index >= 15 is 0 Å². The number of hydrogen-bond donors (Lipinski definition) is 1. The van der Waals surface area contributed by atoms with Crippen molar-refractivity contribution in [1.29, 1.82) is 0 Å². The Morgan fingerprint density at radius 1 is 0.870 bits per heavy atom. The summed E-state index contributed by atoms with van der Waals surface area (Å²) in [7, 11) is 1.69. The van der Waals surface area contributed by atoms with Gasteiger partial charge in [-0.3, -0.25) is 5.43 Å². The Balaban J connectivity index is 1.80.